The molecule has 2 aromatic heterocycles. The van der Waals surface area contributed by atoms with E-state index in [9.17, 15) is 9.30 Å². The van der Waals surface area contributed by atoms with Gasteiger partial charge in [-0.15, -0.1) is 4.91 Å². The minimum atomic E-state index is -0.513. The summed E-state index contributed by atoms with van der Waals surface area (Å²) in [6, 6.07) is 8.16. The number of nitrogens with zero attached hydrogens (tertiary/aromatic N) is 5. The van der Waals surface area contributed by atoms with Crippen molar-refractivity contribution in [2.75, 3.05) is 31.1 Å². The van der Waals surface area contributed by atoms with Crippen LogP contribution < -0.4 is 10.2 Å². The number of nitroso groups, excluding NO2 is 1. The van der Waals surface area contributed by atoms with Crippen molar-refractivity contribution in [1.29, 1.82) is 0 Å². The molecule has 0 bridgehead atoms. The van der Waals surface area contributed by atoms with Gasteiger partial charge in [0.05, 0.1) is 17.5 Å². The number of aromatic nitrogens is 4. The summed E-state index contributed by atoms with van der Waals surface area (Å²) >= 11 is 0. The van der Waals surface area contributed by atoms with E-state index in [0.29, 0.717) is 29.6 Å². The molecule has 3 heterocycles. The molecule has 1 aliphatic heterocycles. The van der Waals surface area contributed by atoms with Gasteiger partial charge in [-0.25, -0.2) is 14.4 Å². The summed E-state index contributed by atoms with van der Waals surface area (Å²) in [6.45, 7) is 3.90. The van der Waals surface area contributed by atoms with Crippen molar-refractivity contribution in [2.45, 2.75) is 12.8 Å². The van der Waals surface area contributed by atoms with Crippen molar-refractivity contribution in [3.63, 3.8) is 0 Å². The van der Waals surface area contributed by atoms with E-state index in [0.717, 1.165) is 37.4 Å². The van der Waals surface area contributed by atoms with Crippen molar-refractivity contribution in [1.82, 2.24) is 25.5 Å². The molecule has 152 valence electrons. The topological polar surface area (TPSA) is 99.2 Å². The number of hydrogen-bond acceptors (Lipinski definition) is 7. The lowest BCUT2D eigenvalue weighted by molar-refractivity contribution is 0.589. The Bertz CT molecular complexity index is 1160. The fourth-order valence-electron chi connectivity index (χ4n) is 3.92. The summed E-state index contributed by atoms with van der Waals surface area (Å²) in [5, 5.41) is 13.7. The van der Waals surface area contributed by atoms with Crippen LogP contribution in [-0.2, 0) is 0 Å². The Hall–Kier alpha value is -3.46. The lowest BCUT2D eigenvalue weighted by Crippen LogP contribution is -2.43. The number of H-pyrrole nitrogens is 1. The third-order valence-corrected chi connectivity index (χ3v) is 5.49. The number of rotatable bonds is 4. The molecule has 0 amide bonds. The molecular weight excluding hydrogens is 385 g/mol. The number of benzene rings is 1. The van der Waals surface area contributed by atoms with E-state index in [4.69, 9.17) is 0 Å². The highest BCUT2D eigenvalue weighted by atomic mass is 19.1. The fourth-order valence-corrected chi connectivity index (χ4v) is 3.92. The van der Waals surface area contributed by atoms with Crippen LogP contribution in [0, 0.1) is 4.91 Å². The van der Waals surface area contributed by atoms with Crippen LogP contribution in [0.2, 0.25) is 0 Å². The molecular formula is C21H20FN7O. The fraction of sp³-hybridized carbons (Fsp3) is 0.286. The molecule has 1 fully saturated rings. The van der Waals surface area contributed by atoms with Gasteiger partial charge in [0.2, 0.25) is 0 Å². The maximum Gasteiger partial charge on any atom is 0.164 e. The second-order valence-electron chi connectivity index (χ2n) is 7.32. The molecule has 0 radical (unpaired) electrons. The third kappa shape index (κ3) is 3.26. The quantitative estimate of drug-likeness (QED) is 0.644. The Morgan fingerprint density at radius 3 is 2.70 bits per heavy atom. The second-order valence-corrected chi connectivity index (χ2v) is 7.32. The number of anilines is 1. The van der Waals surface area contributed by atoms with Crippen molar-refractivity contribution >= 4 is 22.3 Å². The van der Waals surface area contributed by atoms with Crippen LogP contribution in [0.5, 0.6) is 0 Å². The first-order chi connectivity index (χ1) is 14.7. The van der Waals surface area contributed by atoms with Crippen LogP contribution >= 0.6 is 0 Å². The molecule has 0 atom stereocenters. The van der Waals surface area contributed by atoms with Gasteiger partial charge in [-0.2, -0.15) is 5.10 Å². The minimum absolute atomic E-state index is 0.0688. The first-order valence-corrected chi connectivity index (χ1v) is 9.95. The van der Waals surface area contributed by atoms with Crippen LogP contribution in [0.15, 0.2) is 53.2 Å². The van der Waals surface area contributed by atoms with Gasteiger partial charge in [0.15, 0.2) is 5.82 Å². The molecule has 0 saturated carbocycles. The summed E-state index contributed by atoms with van der Waals surface area (Å²) < 4.78 is 14.4. The molecule has 1 saturated heterocycles. The van der Waals surface area contributed by atoms with Gasteiger partial charge in [-0.05, 0) is 36.2 Å². The lowest BCUT2D eigenvalue weighted by Gasteiger charge is -2.29. The highest BCUT2D eigenvalue weighted by Gasteiger charge is 2.23. The van der Waals surface area contributed by atoms with Gasteiger partial charge in [-0.3, -0.25) is 5.10 Å². The molecule has 8 nitrogen and oxygen atoms in total. The first-order valence-electron chi connectivity index (χ1n) is 9.95. The van der Waals surface area contributed by atoms with Crippen molar-refractivity contribution in [3.8, 4) is 11.3 Å². The summed E-state index contributed by atoms with van der Waals surface area (Å²) in [7, 11) is 0. The maximum atomic E-state index is 14.4. The van der Waals surface area contributed by atoms with Gasteiger partial charge in [-0.1, -0.05) is 12.1 Å². The molecule has 2 aliphatic rings. The Morgan fingerprint density at radius 1 is 1.13 bits per heavy atom. The van der Waals surface area contributed by atoms with E-state index in [1.807, 2.05) is 12.1 Å². The van der Waals surface area contributed by atoms with Crippen molar-refractivity contribution in [3.05, 3.63) is 58.8 Å². The number of fused-ring (bicyclic) bond motifs is 1. The zero-order chi connectivity index (χ0) is 20.5. The average molecular weight is 405 g/mol. The summed E-state index contributed by atoms with van der Waals surface area (Å²) in [5.74, 6) is -0.369. The van der Waals surface area contributed by atoms with Crippen LogP contribution in [0.1, 0.15) is 18.7 Å². The van der Waals surface area contributed by atoms with Gasteiger partial charge >= 0.3 is 0 Å². The highest BCUT2D eigenvalue weighted by molar-refractivity contribution is 5.91. The average Bonchev–Trinajstić information content (AvgIpc) is 3.23. The predicted octanol–water partition coefficient (Wildman–Crippen LogP) is 3.55. The van der Waals surface area contributed by atoms with Crippen LogP contribution in [0.25, 0.3) is 27.9 Å². The molecule has 3 aromatic rings. The second kappa shape index (κ2) is 7.75. The van der Waals surface area contributed by atoms with Gasteiger partial charge in [0, 0.05) is 37.4 Å². The molecule has 0 spiro atoms. The minimum Gasteiger partial charge on any atom is -0.369 e. The van der Waals surface area contributed by atoms with E-state index < -0.39 is 5.83 Å². The summed E-state index contributed by atoms with van der Waals surface area (Å²) in [4.78, 5) is 22.3. The zero-order valence-corrected chi connectivity index (χ0v) is 16.2. The predicted molar refractivity (Wildman–Crippen MR) is 113 cm³/mol. The number of hydrogen-bond donors (Lipinski definition) is 2. The van der Waals surface area contributed by atoms with Gasteiger partial charge < -0.3 is 10.2 Å². The number of halogens is 1. The van der Waals surface area contributed by atoms with E-state index in [2.05, 4.69) is 47.7 Å². The van der Waals surface area contributed by atoms with Crippen molar-refractivity contribution < 1.29 is 4.39 Å². The Morgan fingerprint density at radius 2 is 1.93 bits per heavy atom. The Labute approximate surface area is 171 Å². The smallest absolute Gasteiger partial charge is 0.164 e. The number of aromatic amines is 1. The zero-order valence-electron chi connectivity index (χ0n) is 16.2. The highest BCUT2D eigenvalue weighted by Crippen LogP contribution is 2.34. The molecule has 9 heteroatoms. The molecule has 1 aromatic carbocycles. The summed E-state index contributed by atoms with van der Waals surface area (Å²) in [5.41, 5.74) is 4.14. The SMILES string of the molecule is O=NC1=C(c2ncc3[nH]nc(-c4ccc(N5CCNCC5)cc4)c3n2)C(F)=CCC1. The van der Waals surface area contributed by atoms with E-state index >= 15 is 0 Å². The van der Waals surface area contributed by atoms with Crippen LogP contribution in [0.3, 0.4) is 0 Å². The normalized spacial score (nSPS) is 17.4. The van der Waals surface area contributed by atoms with E-state index in [1.165, 1.54) is 6.08 Å². The monoisotopic (exact) mass is 405 g/mol. The molecule has 2 N–H and O–H groups in total. The number of piperazine rings is 1. The summed E-state index contributed by atoms with van der Waals surface area (Å²) in [6.07, 6.45) is 3.80. The third-order valence-electron chi connectivity index (χ3n) is 5.49. The van der Waals surface area contributed by atoms with Gasteiger partial charge in [0.25, 0.3) is 0 Å². The first kappa shape index (κ1) is 18.6. The standard InChI is InChI=1S/C21H20FN7O/c22-15-2-1-3-16(28-30)18(15)21-24-12-17-20(25-21)19(27-26-17)13-4-6-14(7-5-13)29-10-8-23-9-11-29/h2,4-7,12,23H,1,3,8-11H2,(H,26,27). The largest absolute Gasteiger partial charge is 0.369 e. The van der Waals surface area contributed by atoms with E-state index in [-0.39, 0.29) is 17.1 Å². The Kier molecular flexibility index (Phi) is 4.80. The molecule has 5 rings (SSSR count). The molecule has 1 aliphatic carbocycles. The van der Waals surface area contributed by atoms with Crippen molar-refractivity contribution in [2.24, 2.45) is 5.18 Å². The van der Waals surface area contributed by atoms with Crippen LogP contribution in [-0.4, -0.2) is 46.3 Å². The Balaban J connectivity index is 1.53. The van der Waals surface area contributed by atoms with Gasteiger partial charge in [0.1, 0.15) is 22.6 Å². The van der Waals surface area contributed by atoms with Crippen LogP contribution in [0.4, 0.5) is 10.1 Å². The molecule has 0 unspecified atom stereocenters. The van der Waals surface area contributed by atoms with E-state index in [1.54, 1.807) is 6.20 Å². The number of allylic oxidation sites excluding steroid dienone is 4. The lowest BCUT2D eigenvalue weighted by atomic mass is 10.0. The maximum absolute atomic E-state index is 14.4. The number of nitrogens with one attached hydrogen (secondary N) is 2. The molecule has 30 heavy (non-hydrogen) atoms.